The van der Waals surface area contributed by atoms with Crippen LogP contribution < -0.4 is 0 Å². The van der Waals surface area contributed by atoms with Crippen LogP contribution in [-0.4, -0.2) is 27.2 Å². The minimum absolute atomic E-state index is 0.129. The first kappa shape index (κ1) is 14.2. The second-order valence-corrected chi connectivity index (χ2v) is 4.82. The van der Waals surface area contributed by atoms with Crippen molar-refractivity contribution in [1.29, 1.82) is 0 Å². The summed E-state index contributed by atoms with van der Waals surface area (Å²) in [5, 5.41) is 4.43. The van der Waals surface area contributed by atoms with E-state index in [4.69, 9.17) is 4.74 Å². The summed E-state index contributed by atoms with van der Waals surface area (Å²) in [5.41, 5.74) is 3.04. The molecule has 0 fully saturated rings. The number of carbonyl (C=O) groups is 1. The third-order valence-electron chi connectivity index (χ3n) is 3.30. The molecule has 6 heteroatoms. The molecule has 0 aliphatic heterocycles. The molecular formula is C16H14FN3O2. The molecule has 5 nitrogen and oxygen atoms in total. The van der Waals surface area contributed by atoms with Crippen LogP contribution in [0.2, 0.25) is 0 Å². The highest BCUT2D eigenvalue weighted by atomic mass is 19.1. The van der Waals surface area contributed by atoms with Gasteiger partial charge in [-0.05, 0) is 49.7 Å². The Hall–Kier alpha value is -2.76. The minimum atomic E-state index is -0.523. The molecular weight excluding hydrogens is 285 g/mol. The van der Waals surface area contributed by atoms with Crippen molar-refractivity contribution in [3.05, 3.63) is 53.7 Å². The second kappa shape index (κ2) is 5.55. The van der Waals surface area contributed by atoms with Gasteiger partial charge in [-0.3, -0.25) is 0 Å². The van der Waals surface area contributed by atoms with E-state index >= 15 is 0 Å². The maximum absolute atomic E-state index is 13.0. The molecule has 0 spiro atoms. The summed E-state index contributed by atoms with van der Waals surface area (Å²) in [6.07, 6.45) is 1.59. The van der Waals surface area contributed by atoms with Crippen molar-refractivity contribution in [3.8, 4) is 11.3 Å². The number of nitrogens with zero attached hydrogens (tertiary/aromatic N) is 3. The van der Waals surface area contributed by atoms with Crippen molar-refractivity contribution in [2.24, 2.45) is 0 Å². The normalized spacial score (nSPS) is 10.9. The third-order valence-corrected chi connectivity index (χ3v) is 3.30. The summed E-state index contributed by atoms with van der Waals surface area (Å²) < 4.78 is 19.5. The quantitative estimate of drug-likeness (QED) is 0.698. The number of benzene rings is 1. The van der Waals surface area contributed by atoms with Gasteiger partial charge >= 0.3 is 5.97 Å². The maximum atomic E-state index is 13.0. The van der Waals surface area contributed by atoms with Crippen LogP contribution in [0.4, 0.5) is 4.39 Å². The van der Waals surface area contributed by atoms with E-state index in [2.05, 4.69) is 10.1 Å². The second-order valence-electron chi connectivity index (χ2n) is 4.82. The summed E-state index contributed by atoms with van der Waals surface area (Å²) in [6.45, 7) is 3.90. The topological polar surface area (TPSA) is 56.5 Å². The molecule has 22 heavy (non-hydrogen) atoms. The minimum Gasteiger partial charge on any atom is -0.460 e. The van der Waals surface area contributed by atoms with Gasteiger partial charge in [0.15, 0.2) is 0 Å². The lowest BCUT2D eigenvalue weighted by Gasteiger charge is -2.06. The smallest absolute Gasteiger partial charge is 0.376 e. The van der Waals surface area contributed by atoms with E-state index in [1.165, 1.54) is 16.6 Å². The fraction of sp³-hybridized carbons (Fsp3) is 0.188. The highest BCUT2D eigenvalue weighted by Gasteiger charge is 2.17. The molecule has 0 saturated heterocycles. The number of ether oxygens (including phenoxy) is 1. The van der Waals surface area contributed by atoms with Crippen molar-refractivity contribution in [2.45, 2.75) is 13.8 Å². The van der Waals surface area contributed by atoms with Gasteiger partial charge in [-0.25, -0.2) is 18.7 Å². The molecule has 112 valence electrons. The molecule has 0 atom stereocenters. The van der Waals surface area contributed by atoms with Crippen LogP contribution in [0.25, 0.3) is 16.8 Å². The Morgan fingerprint density at radius 3 is 2.73 bits per heavy atom. The van der Waals surface area contributed by atoms with Gasteiger partial charge < -0.3 is 4.74 Å². The summed E-state index contributed by atoms with van der Waals surface area (Å²) in [6, 6.07) is 7.90. The van der Waals surface area contributed by atoms with Crippen LogP contribution in [0, 0.1) is 12.7 Å². The SMILES string of the molecule is CCOC(=O)c1ncc2c(C)cc(-c3ccc(F)cc3)nn12. The van der Waals surface area contributed by atoms with Gasteiger partial charge in [0.2, 0.25) is 5.82 Å². The van der Waals surface area contributed by atoms with Gasteiger partial charge in [0.05, 0.1) is 24.0 Å². The van der Waals surface area contributed by atoms with Crippen LogP contribution in [0.15, 0.2) is 36.5 Å². The van der Waals surface area contributed by atoms with E-state index in [1.807, 2.05) is 13.0 Å². The Morgan fingerprint density at radius 2 is 2.05 bits per heavy atom. The van der Waals surface area contributed by atoms with E-state index in [0.29, 0.717) is 5.69 Å². The Kier molecular flexibility index (Phi) is 3.58. The molecule has 0 radical (unpaired) electrons. The maximum Gasteiger partial charge on any atom is 0.376 e. The van der Waals surface area contributed by atoms with Crippen molar-refractivity contribution < 1.29 is 13.9 Å². The van der Waals surface area contributed by atoms with E-state index < -0.39 is 5.97 Å². The predicted octanol–water partition coefficient (Wildman–Crippen LogP) is 3.02. The first-order valence-corrected chi connectivity index (χ1v) is 6.88. The van der Waals surface area contributed by atoms with Crippen molar-refractivity contribution >= 4 is 11.5 Å². The summed E-state index contributed by atoms with van der Waals surface area (Å²) in [7, 11) is 0. The summed E-state index contributed by atoms with van der Waals surface area (Å²) in [4.78, 5) is 16.0. The molecule has 2 heterocycles. The van der Waals surface area contributed by atoms with Crippen LogP contribution in [0.5, 0.6) is 0 Å². The van der Waals surface area contributed by atoms with E-state index in [9.17, 15) is 9.18 Å². The lowest BCUT2D eigenvalue weighted by molar-refractivity contribution is 0.0509. The van der Waals surface area contributed by atoms with Crippen molar-refractivity contribution in [3.63, 3.8) is 0 Å². The fourth-order valence-electron chi connectivity index (χ4n) is 2.23. The van der Waals surface area contributed by atoms with Gasteiger partial charge in [0.1, 0.15) is 5.82 Å². The molecule has 0 aliphatic carbocycles. The van der Waals surface area contributed by atoms with E-state index in [-0.39, 0.29) is 18.2 Å². The number of esters is 1. The Bertz CT molecular complexity index is 840. The first-order valence-electron chi connectivity index (χ1n) is 6.88. The number of hydrogen-bond donors (Lipinski definition) is 0. The number of aromatic nitrogens is 3. The zero-order chi connectivity index (χ0) is 15.7. The molecule has 0 bridgehead atoms. The van der Waals surface area contributed by atoms with Crippen molar-refractivity contribution in [1.82, 2.24) is 14.6 Å². The molecule has 0 amide bonds. The molecule has 3 aromatic rings. The third kappa shape index (κ3) is 2.43. The standard InChI is InChI=1S/C16H14FN3O2/c1-3-22-16(21)15-18-9-14-10(2)8-13(19-20(14)15)11-4-6-12(17)7-5-11/h4-9H,3H2,1-2H3. The highest BCUT2D eigenvalue weighted by Crippen LogP contribution is 2.21. The van der Waals surface area contributed by atoms with Crippen LogP contribution in [0.3, 0.4) is 0 Å². The van der Waals surface area contributed by atoms with Gasteiger partial charge in [0, 0.05) is 5.56 Å². The number of halogens is 1. The summed E-state index contributed by atoms with van der Waals surface area (Å²) >= 11 is 0. The number of rotatable bonds is 3. The number of hydrogen-bond acceptors (Lipinski definition) is 4. The molecule has 1 aromatic carbocycles. The average molecular weight is 299 g/mol. The highest BCUT2D eigenvalue weighted by molar-refractivity contribution is 5.87. The average Bonchev–Trinajstić information content (AvgIpc) is 2.92. The largest absolute Gasteiger partial charge is 0.460 e. The lowest BCUT2D eigenvalue weighted by atomic mass is 10.1. The van der Waals surface area contributed by atoms with Gasteiger partial charge in [0.25, 0.3) is 0 Å². The predicted molar refractivity (Wildman–Crippen MR) is 79.1 cm³/mol. The Morgan fingerprint density at radius 1 is 1.32 bits per heavy atom. The zero-order valence-electron chi connectivity index (χ0n) is 12.2. The molecule has 0 saturated carbocycles. The van der Waals surface area contributed by atoms with Crippen molar-refractivity contribution in [2.75, 3.05) is 6.61 Å². The van der Waals surface area contributed by atoms with Crippen LogP contribution in [0.1, 0.15) is 23.1 Å². The molecule has 0 unspecified atom stereocenters. The zero-order valence-corrected chi connectivity index (χ0v) is 12.2. The van der Waals surface area contributed by atoms with Gasteiger partial charge in [-0.15, -0.1) is 0 Å². The van der Waals surface area contributed by atoms with Crippen LogP contribution in [-0.2, 0) is 4.74 Å². The van der Waals surface area contributed by atoms with Gasteiger partial charge in [-0.2, -0.15) is 5.10 Å². The number of fused-ring (bicyclic) bond motifs is 1. The molecule has 3 rings (SSSR count). The summed E-state index contributed by atoms with van der Waals surface area (Å²) in [5.74, 6) is -0.703. The number of aryl methyl sites for hydroxylation is 1. The van der Waals surface area contributed by atoms with Gasteiger partial charge in [-0.1, -0.05) is 0 Å². The van der Waals surface area contributed by atoms with Crippen LogP contribution >= 0.6 is 0 Å². The fourth-order valence-corrected chi connectivity index (χ4v) is 2.23. The Labute approximate surface area is 126 Å². The Balaban J connectivity index is 2.15. The monoisotopic (exact) mass is 299 g/mol. The van der Waals surface area contributed by atoms with E-state index in [0.717, 1.165) is 16.6 Å². The molecule has 0 N–H and O–H groups in total. The molecule has 2 aromatic heterocycles. The number of imidazole rings is 1. The first-order chi connectivity index (χ1) is 10.6. The lowest BCUT2D eigenvalue weighted by Crippen LogP contribution is -2.11. The van der Waals surface area contributed by atoms with E-state index in [1.54, 1.807) is 25.3 Å². The number of carbonyl (C=O) groups excluding carboxylic acids is 1. The molecule has 0 aliphatic rings.